The molecule has 0 spiro atoms. The monoisotopic (exact) mass is 247 g/mol. The van der Waals surface area contributed by atoms with Gasteiger partial charge in [0.2, 0.25) is 0 Å². The van der Waals surface area contributed by atoms with E-state index in [4.69, 9.17) is 10.5 Å². The molecule has 1 unspecified atom stereocenters. The van der Waals surface area contributed by atoms with Crippen LogP contribution >= 0.6 is 0 Å². The molecule has 1 aromatic carbocycles. The number of halogens is 3. The molecule has 2 nitrogen and oxygen atoms in total. The van der Waals surface area contributed by atoms with Crippen molar-refractivity contribution in [3.63, 3.8) is 0 Å². The number of rotatable bonds is 5. The van der Waals surface area contributed by atoms with Crippen molar-refractivity contribution < 1.29 is 17.9 Å². The van der Waals surface area contributed by atoms with Crippen LogP contribution in [0, 0.1) is 0 Å². The van der Waals surface area contributed by atoms with Gasteiger partial charge in [-0.1, -0.05) is 19.4 Å². The highest BCUT2D eigenvalue weighted by atomic mass is 19.4. The van der Waals surface area contributed by atoms with Crippen LogP contribution in [0.1, 0.15) is 25.3 Å². The van der Waals surface area contributed by atoms with Crippen LogP contribution in [0.4, 0.5) is 13.2 Å². The minimum absolute atomic E-state index is 0.144. The molecule has 1 rings (SSSR count). The van der Waals surface area contributed by atoms with Crippen LogP contribution in [0.3, 0.4) is 0 Å². The molecule has 0 heterocycles. The van der Waals surface area contributed by atoms with Gasteiger partial charge in [0.1, 0.15) is 12.4 Å². The van der Waals surface area contributed by atoms with Gasteiger partial charge in [-0.2, -0.15) is 13.2 Å². The minimum atomic E-state index is -4.34. The molecule has 17 heavy (non-hydrogen) atoms. The van der Waals surface area contributed by atoms with Crippen LogP contribution in [-0.2, 0) is 6.18 Å². The number of ether oxygens (including phenoxy) is 1. The molecule has 0 fully saturated rings. The number of hydrogen-bond donors (Lipinski definition) is 1. The fourth-order valence-corrected chi connectivity index (χ4v) is 1.42. The molecule has 2 N–H and O–H groups in total. The largest absolute Gasteiger partial charge is 0.492 e. The topological polar surface area (TPSA) is 35.2 Å². The predicted octanol–water partition coefficient (Wildman–Crippen LogP) is 3.21. The van der Waals surface area contributed by atoms with Gasteiger partial charge >= 0.3 is 6.18 Å². The van der Waals surface area contributed by atoms with Crippen LogP contribution in [0.5, 0.6) is 5.75 Å². The molecule has 0 aromatic heterocycles. The summed E-state index contributed by atoms with van der Waals surface area (Å²) in [5.74, 6) is 0.200. The maximum Gasteiger partial charge on any atom is 0.416 e. The number of nitrogens with two attached hydrogens (primary N) is 1. The van der Waals surface area contributed by atoms with Crippen molar-refractivity contribution in [1.29, 1.82) is 0 Å². The lowest BCUT2D eigenvalue weighted by atomic mass is 10.2. The highest BCUT2D eigenvalue weighted by molar-refractivity contribution is 5.30. The molecule has 1 atom stereocenters. The fourth-order valence-electron chi connectivity index (χ4n) is 1.42. The van der Waals surface area contributed by atoms with E-state index < -0.39 is 11.7 Å². The van der Waals surface area contributed by atoms with Crippen LogP contribution < -0.4 is 10.5 Å². The van der Waals surface area contributed by atoms with Crippen molar-refractivity contribution in [2.45, 2.75) is 32.0 Å². The maximum atomic E-state index is 12.4. The summed E-state index contributed by atoms with van der Waals surface area (Å²) in [5.41, 5.74) is 5.00. The van der Waals surface area contributed by atoms with E-state index in [0.29, 0.717) is 0 Å². The summed E-state index contributed by atoms with van der Waals surface area (Å²) in [6, 6.07) is 4.67. The van der Waals surface area contributed by atoms with Gasteiger partial charge in [-0.15, -0.1) is 0 Å². The van der Waals surface area contributed by atoms with Gasteiger partial charge in [-0.05, 0) is 24.6 Å². The Kier molecular flexibility index (Phi) is 4.81. The van der Waals surface area contributed by atoms with Gasteiger partial charge in [0, 0.05) is 6.04 Å². The Morgan fingerprint density at radius 1 is 1.35 bits per heavy atom. The lowest BCUT2D eigenvalue weighted by Crippen LogP contribution is -2.27. The third-order valence-corrected chi connectivity index (χ3v) is 2.28. The molecule has 5 heteroatoms. The molecular formula is C12H16F3NO. The van der Waals surface area contributed by atoms with Crippen LogP contribution in [0.2, 0.25) is 0 Å². The first-order valence-electron chi connectivity index (χ1n) is 5.49. The molecule has 0 radical (unpaired) electrons. The summed E-state index contributed by atoms with van der Waals surface area (Å²) in [4.78, 5) is 0. The predicted molar refractivity (Wildman–Crippen MR) is 59.8 cm³/mol. The van der Waals surface area contributed by atoms with Crippen molar-refractivity contribution in [3.05, 3.63) is 29.8 Å². The fraction of sp³-hybridized carbons (Fsp3) is 0.500. The van der Waals surface area contributed by atoms with Gasteiger partial charge in [-0.25, -0.2) is 0 Å². The van der Waals surface area contributed by atoms with Crippen molar-refractivity contribution in [2.24, 2.45) is 5.73 Å². The van der Waals surface area contributed by atoms with E-state index in [1.54, 1.807) is 0 Å². The molecule has 1 aromatic rings. The number of alkyl halides is 3. The molecule has 0 aliphatic carbocycles. The summed E-state index contributed by atoms with van der Waals surface area (Å²) in [7, 11) is 0. The van der Waals surface area contributed by atoms with Gasteiger partial charge in [0.15, 0.2) is 0 Å². The van der Waals surface area contributed by atoms with Crippen molar-refractivity contribution in [2.75, 3.05) is 6.61 Å². The van der Waals surface area contributed by atoms with Crippen molar-refractivity contribution in [1.82, 2.24) is 0 Å². The van der Waals surface area contributed by atoms with Crippen molar-refractivity contribution >= 4 is 0 Å². The van der Waals surface area contributed by atoms with E-state index >= 15 is 0 Å². The summed E-state index contributed by atoms with van der Waals surface area (Å²) in [5, 5.41) is 0. The highest BCUT2D eigenvalue weighted by Gasteiger charge is 2.30. The standard InChI is InChI=1S/C12H16F3NO/c1-2-4-10(16)8-17-11-6-3-5-9(7-11)12(13,14)15/h3,5-7,10H,2,4,8,16H2,1H3. The Hall–Kier alpha value is -1.23. The first kappa shape index (κ1) is 13.8. The Morgan fingerprint density at radius 2 is 2.06 bits per heavy atom. The van der Waals surface area contributed by atoms with E-state index in [-0.39, 0.29) is 18.4 Å². The molecule has 96 valence electrons. The van der Waals surface area contributed by atoms with E-state index in [2.05, 4.69) is 0 Å². The quantitative estimate of drug-likeness (QED) is 0.867. The summed E-state index contributed by atoms with van der Waals surface area (Å²) in [6.45, 7) is 2.22. The van der Waals surface area contributed by atoms with E-state index in [1.165, 1.54) is 12.1 Å². The Balaban J connectivity index is 2.60. The Bertz CT molecular complexity index is 352. The van der Waals surface area contributed by atoms with E-state index in [0.717, 1.165) is 25.0 Å². The normalized spacial score (nSPS) is 13.5. The lowest BCUT2D eigenvalue weighted by Gasteiger charge is -2.13. The zero-order valence-corrected chi connectivity index (χ0v) is 9.63. The Labute approximate surface area is 98.6 Å². The molecule has 0 bridgehead atoms. The zero-order chi connectivity index (χ0) is 12.9. The molecular weight excluding hydrogens is 231 g/mol. The second kappa shape index (κ2) is 5.91. The van der Waals surface area contributed by atoms with Gasteiger partial charge in [0.05, 0.1) is 5.56 Å². The zero-order valence-electron chi connectivity index (χ0n) is 9.63. The van der Waals surface area contributed by atoms with Gasteiger partial charge in [0.25, 0.3) is 0 Å². The Morgan fingerprint density at radius 3 is 2.65 bits per heavy atom. The second-order valence-corrected chi connectivity index (χ2v) is 3.89. The highest BCUT2D eigenvalue weighted by Crippen LogP contribution is 2.31. The third-order valence-electron chi connectivity index (χ3n) is 2.28. The smallest absolute Gasteiger partial charge is 0.416 e. The van der Waals surface area contributed by atoms with Gasteiger partial charge in [-0.3, -0.25) is 0 Å². The number of benzene rings is 1. The summed E-state index contributed by atoms with van der Waals surface area (Å²) in [6.07, 6.45) is -2.63. The van der Waals surface area contributed by atoms with Crippen LogP contribution in [0.25, 0.3) is 0 Å². The second-order valence-electron chi connectivity index (χ2n) is 3.89. The lowest BCUT2D eigenvalue weighted by molar-refractivity contribution is -0.137. The molecule has 0 aliphatic heterocycles. The van der Waals surface area contributed by atoms with Crippen LogP contribution in [0.15, 0.2) is 24.3 Å². The maximum absolute atomic E-state index is 12.4. The summed E-state index contributed by atoms with van der Waals surface area (Å²) >= 11 is 0. The first-order valence-corrected chi connectivity index (χ1v) is 5.49. The average molecular weight is 247 g/mol. The minimum Gasteiger partial charge on any atom is -0.492 e. The van der Waals surface area contributed by atoms with Gasteiger partial charge < -0.3 is 10.5 Å². The molecule has 0 saturated heterocycles. The SMILES string of the molecule is CCCC(N)COc1cccc(C(F)(F)F)c1. The average Bonchev–Trinajstić information content (AvgIpc) is 2.26. The number of hydrogen-bond acceptors (Lipinski definition) is 2. The molecule has 0 amide bonds. The first-order chi connectivity index (χ1) is 7.93. The van der Waals surface area contributed by atoms with Crippen molar-refractivity contribution in [3.8, 4) is 5.75 Å². The van der Waals surface area contributed by atoms with E-state index in [9.17, 15) is 13.2 Å². The molecule has 0 aliphatic rings. The summed E-state index contributed by atoms with van der Waals surface area (Å²) < 4.78 is 42.5. The van der Waals surface area contributed by atoms with Crippen LogP contribution in [-0.4, -0.2) is 12.6 Å². The molecule has 0 saturated carbocycles. The third kappa shape index (κ3) is 4.65. The van der Waals surface area contributed by atoms with E-state index in [1.807, 2.05) is 6.92 Å².